The summed E-state index contributed by atoms with van der Waals surface area (Å²) in [6.45, 7) is 1.80. The summed E-state index contributed by atoms with van der Waals surface area (Å²) in [6, 6.07) is 11.6. The molecule has 1 aromatic carbocycles. The van der Waals surface area contributed by atoms with Crippen LogP contribution in [0.15, 0.2) is 52.3 Å². The lowest BCUT2D eigenvalue weighted by molar-refractivity contribution is -0.139. The number of hydrogen-bond donors (Lipinski definition) is 2. The minimum absolute atomic E-state index is 0.357. The van der Waals surface area contributed by atoms with Gasteiger partial charge in [-0.15, -0.1) is 21.5 Å². The van der Waals surface area contributed by atoms with Gasteiger partial charge in [0, 0.05) is 0 Å². The Bertz CT molecular complexity index is 771. The minimum atomic E-state index is -0.957. The number of thiophene rings is 1. The number of rotatable bonds is 6. The van der Waals surface area contributed by atoms with Crippen LogP contribution in [0.4, 0.5) is 0 Å². The lowest BCUT2D eigenvalue weighted by atomic mass is 10.1. The molecule has 2 N–H and O–H groups in total. The second kappa shape index (κ2) is 6.72. The van der Waals surface area contributed by atoms with Crippen LogP contribution in [0.25, 0.3) is 10.8 Å². The van der Waals surface area contributed by atoms with Crippen LogP contribution in [0.3, 0.4) is 0 Å². The van der Waals surface area contributed by atoms with Crippen molar-refractivity contribution < 1.29 is 14.3 Å². The topological polar surface area (TPSA) is 88.2 Å². The lowest BCUT2D eigenvalue weighted by Crippen LogP contribution is -2.30. The standard InChI is InChI=1S/C16H15N3O3S/c1-10(14-18-19-15(22-14)12-8-5-9-23-12)17-13(16(20)21)11-6-3-2-4-7-11/h2-10,13,17H,1H3,(H,20,21)/t10?,13-/m0/s1. The molecule has 118 valence electrons. The summed E-state index contributed by atoms with van der Waals surface area (Å²) in [4.78, 5) is 12.4. The van der Waals surface area contributed by atoms with Crippen LogP contribution in [0.5, 0.6) is 0 Å². The molecule has 2 aromatic heterocycles. The van der Waals surface area contributed by atoms with Crippen LogP contribution in [-0.4, -0.2) is 21.3 Å². The van der Waals surface area contributed by atoms with Gasteiger partial charge in [0.1, 0.15) is 6.04 Å². The highest BCUT2D eigenvalue weighted by atomic mass is 32.1. The Hall–Kier alpha value is -2.51. The van der Waals surface area contributed by atoms with Gasteiger partial charge in [0.2, 0.25) is 5.89 Å². The van der Waals surface area contributed by atoms with Crippen molar-refractivity contribution in [3.8, 4) is 10.8 Å². The molecule has 0 fully saturated rings. The SMILES string of the molecule is CC(N[C@H](C(=O)O)c1ccccc1)c1nnc(-c2cccs2)o1. The number of nitrogens with one attached hydrogen (secondary N) is 1. The van der Waals surface area contributed by atoms with E-state index in [1.807, 2.05) is 23.6 Å². The largest absolute Gasteiger partial charge is 0.480 e. The Kier molecular flexibility index (Phi) is 4.50. The Labute approximate surface area is 136 Å². The Morgan fingerprint density at radius 2 is 2.00 bits per heavy atom. The Morgan fingerprint density at radius 1 is 1.22 bits per heavy atom. The maximum atomic E-state index is 11.5. The zero-order valence-corrected chi connectivity index (χ0v) is 13.2. The molecule has 0 radical (unpaired) electrons. The summed E-state index contributed by atoms with van der Waals surface area (Å²) < 4.78 is 5.64. The molecule has 0 aliphatic rings. The maximum absolute atomic E-state index is 11.5. The first-order valence-electron chi connectivity index (χ1n) is 7.06. The zero-order valence-electron chi connectivity index (χ0n) is 12.3. The first kappa shape index (κ1) is 15.4. The van der Waals surface area contributed by atoms with Gasteiger partial charge >= 0.3 is 5.97 Å². The number of nitrogens with zero attached hydrogens (tertiary/aromatic N) is 2. The van der Waals surface area contributed by atoms with Gasteiger partial charge in [0.15, 0.2) is 0 Å². The van der Waals surface area contributed by atoms with Gasteiger partial charge in [-0.2, -0.15) is 0 Å². The quantitative estimate of drug-likeness (QED) is 0.721. The fourth-order valence-electron chi connectivity index (χ4n) is 2.19. The van der Waals surface area contributed by atoms with Crippen LogP contribution in [-0.2, 0) is 4.79 Å². The monoisotopic (exact) mass is 329 g/mol. The predicted molar refractivity (Wildman–Crippen MR) is 86.0 cm³/mol. The number of carboxylic acid groups (broad SMARTS) is 1. The predicted octanol–water partition coefficient (Wildman–Crippen LogP) is 3.27. The number of hydrogen-bond acceptors (Lipinski definition) is 6. The number of carbonyl (C=O) groups is 1. The van der Waals surface area contributed by atoms with Gasteiger partial charge in [-0.05, 0) is 23.9 Å². The van der Waals surface area contributed by atoms with E-state index in [1.54, 1.807) is 31.2 Å². The number of aromatic nitrogens is 2. The molecule has 23 heavy (non-hydrogen) atoms. The molecule has 0 spiro atoms. The molecule has 6 nitrogen and oxygen atoms in total. The number of benzene rings is 1. The van der Waals surface area contributed by atoms with E-state index in [1.165, 1.54) is 11.3 Å². The smallest absolute Gasteiger partial charge is 0.325 e. The average molecular weight is 329 g/mol. The van der Waals surface area contributed by atoms with Crippen molar-refractivity contribution in [2.75, 3.05) is 0 Å². The van der Waals surface area contributed by atoms with E-state index in [9.17, 15) is 9.90 Å². The van der Waals surface area contributed by atoms with E-state index in [-0.39, 0.29) is 0 Å². The molecule has 1 unspecified atom stereocenters. The molecule has 2 heterocycles. The molecule has 7 heteroatoms. The maximum Gasteiger partial charge on any atom is 0.325 e. The summed E-state index contributed by atoms with van der Waals surface area (Å²) >= 11 is 1.51. The van der Waals surface area contributed by atoms with Gasteiger partial charge in [0.05, 0.1) is 10.9 Å². The van der Waals surface area contributed by atoms with E-state index < -0.39 is 18.1 Å². The van der Waals surface area contributed by atoms with E-state index in [4.69, 9.17) is 4.42 Å². The fourth-order valence-corrected chi connectivity index (χ4v) is 2.83. The fraction of sp³-hybridized carbons (Fsp3) is 0.188. The third-order valence-electron chi connectivity index (χ3n) is 3.34. The molecular formula is C16H15N3O3S. The van der Waals surface area contributed by atoms with Crippen LogP contribution in [0.2, 0.25) is 0 Å². The average Bonchev–Trinajstić information content (AvgIpc) is 3.23. The highest BCUT2D eigenvalue weighted by Gasteiger charge is 2.24. The molecule has 3 aromatic rings. The van der Waals surface area contributed by atoms with Crippen molar-refractivity contribution in [2.24, 2.45) is 0 Å². The minimum Gasteiger partial charge on any atom is -0.480 e. The molecule has 0 saturated carbocycles. The molecule has 0 bridgehead atoms. The van der Waals surface area contributed by atoms with Gasteiger partial charge in [-0.3, -0.25) is 10.1 Å². The normalized spacial score (nSPS) is 13.6. The van der Waals surface area contributed by atoms with Gasteiger partial charge in [0.25, 0.3) is 5.89 Å². The molecule has 3 rings (SSSR count). The second-order valence-corrected chi connectivity index (χ2v) is 5.94. The van der Waals surface area contributed by atoms with Crippen LogP contribution in [0, 0.1) is 0 Å². The van der Waals surface area contributed by atoms with Crippen molar-refractivity contribution in [3.05, 3.63) is 59.3 Å². The van der Waals surface area contributed by atoms with Crippen LogP contribution in [0.1, 0.15) is 30.5 Å². The molecule has 0 aliphatic heterocycles. The molecular weight excluding hydrogens is 314 g/mol. The molecule has 0 amide bonds. The van der Waals surface area contributed by atoms with Crippen molar-refractivity contribution in [1.82, 2.24) is 15.5 Å². The van der Waals surface area contributed by atoms with E-state index in [0.717, 1.165) is 4.88 Å². The first-order valence-corrected chi connectivity index (χ1v) is 7.94. The summed E-state index contributed by atoms with van der Waals surface area (Å²) in [5.41, 5.74) is 0.671. The third-order valence-corrected chi connectivity index (χ3v) is 4.20. The van der Waals surface area contributed by atoms with Crippen LogP contribution >= 0.6 is 11.3 Å². The van der Waals surface area contributed by atoms with Crippen molar-refractivity contribution >= 4 is 17.3 Å². The van der Waals surface area contributed by atoms with Crippen molar-refractivity contribution in [3.63, 3.8) is 0 Å². The van der Waals surface area contributed by atoms with E-state index in [0.29, 0.717) is 17.3 Å². The van der Waals surface area contributed by atoms with Crippen molar-refractivity contribution in [1.29, 1.82) is 0 Å². The van der Waals surface area contributed by atoms with Gasteiger partial charge in [-0.1, -0.05) is 36.4 Å². The Balaban J connectivity index is 1.77. The van der Waals surface area contributed by atoms with Gasteiger partial charge < -0.3 is 9.52 Å². The number of aliphatic carboxylic acids is 1. The Morgan fingerprint density at radius 3 is 2.65 bits per heavy atom. The summed E-state index contributed by atoms with van der Waals surface area (Å²) in [5, 5.41) is 22.4. The van der Waals surface area contributed by atoms with E-state index in [2.05, 4.69) is 15.5 Å². The molecule has 0 saturated heterocycles. The second-order valence-electron chi connectivity index (χ2n) is 4.99. The first-order chi connectivity index (χ1) is 11.1. The number of carboxylic acids is 1. The third kappa shape index (κ3) is 3.46. The lowest BCUT2D eigenvalue weighted by Gasteiger charge is -2.18. The van der Waals surface area contributed by atoms with Gasteiger partial charge in [-0.25, -0.2) is 0 Å². The summed E-state index contributed by atoms with van der Waals surface area (Å²) in [6.07, 6.45) is 0. The van der Waals surface area contributed by atoms with E-state index >= 15 is 0 Å². The zero-order chi connectivity index (χ0) is 16.2. The molecule has 2 atom stereocenters. The highest BCUT2D eigenvalue weighted by Crippen LogP contribution is 2.26. The van der Waals surface area contributed by atoms with Crippen molar-refractivity contribution in [2.45, 2.75) is 19.0 Å². The molecule has 0 aliphatic carbocycles. The summed E-state index contributed by atoms with van der Waals surface area (Å²) in [7, 11) is 0. The highest BCUT2D eigenvalue weighted by molar-refractivity contribution is 7.13. The summed E-state index contributed by atoms with van der Waals surface area (Å²) in [5.74, 6) is -0.160. The van der Waals surface area contributed by atoms with Crippen LogP contribution < -0.4 is 5.32 Å².